The van der Waals surface area contributed by atoms with Crippen molar-refractivity contribution in [1.29, 1.82) is 0 Å². The largest absolute Gasteiger partial charge is 0.0931 e. The zero-order chi connectivity index (χ0) is 6.12. The average Bonchev–Trinajstić information content (AvgIpc) is 1.69. The zero-order valence-electron chi connectivity index (χ0n) is 4.26. The van der Waals surface area contributed by atoms with Crippen molar-refractivity contribution in [3.8, 4) is 0 Å². The summed E-state index contributed by atoms with van der Waals surface area (Å²) in [5.74, 6) is 0. The molecule has 0 aliphatic rings. The Morgan fingerprint density at radius 1 is 1.00 bits per heavy atom. The molecule has 0 atom stereocenters. The predicted molar refractivity (Wildman–Crippen MR) is 47.1 cm³/mol. The van der Waals surface area contributed by atoms with Crippen molar-refractivity contribution >= 4 is 47.8 Å². The highest BCUT2D eigenvalue weighted by atomic mass is 79.9. The zero-order valence-corrected chi connectivity index (χ0v) is 9.01. The summed E-state index contributed by atoms with van der Waals surface area (Å²) in [5, 5.41) is 3.16. The van der Waals surface area contributed by atoms with Gasteiger partial charge in [-0.15, -0.1) is 0 Å². The van der Waals surface area contributed by atoms with Gasteiger partial charge in [-0.1, -0.05) is 54.7 Å². The summed E-state index contributed by atoms with van der Waals surface area (Å²) in [7, 11) is 0. The molecule has 46 valence electrons. The van der Waals surface area contributed by atoms with Gasteiger partial charge in [0, 0.05) is 16.0 Å². The van der Waals surface area contributed by atoms with E-state index in [1.165, 1.54) is 0 Å². The highest BCUT2D eigenvalue weighted by molar-refractivity contribution is 9.12. The van der Waals surface area contributed by atoms with Crippen LogP contribution in [0.4, 0.5) is 0 Å². The molecule has 0 aromatic rings. The van der Waals surface area contributed by atoms with Crippen molar-refractivity contribution in [3.05, 3.63) is 0 Å². The molecule has 7 heavy (non-hydrogen) atoms. The Hall–Kier alpha value is 1.44. The summed E-state index contributed by atoms with van der Waals surface area (Å²) in [5.41, 5.74) is 0. The molecule has 0 aromatic heterocycles. The van der Waals surface area contributed by atoms with Gasteiger partial charge in [-0.2, -0.15) is 0 Å². The molecule has 0 radical (unpaired) electrons. The number of halogens is 3. The number of rotatable bonds is 1. The molecule has 3 heteroatoms. The maximum Gasteiger partial charge on any atom is 0.0129 e. The molecule has 0 N–H and O–H groups in total. The van der Waals surface area contributed by atoms with E-state index < -0.39 is 0 Å². The maximum atomic E-state index is 3.20. The van der Waals surface area contributed by atoms with Gasteiger partial charge in [0.15, 0.2) is 0 Å². The number of hydrogen-bond acceptors (Lipinski definition) is 0. The third kappa shape index (κ3) is 37.0. The first-order valence-corrected chi connectivity index (χ1v) is 5.37. The van der Waals surface area contributed by atoms with E-state index >= 15 is 0 Å². The minimum Gasteiger partial charge on any atom is -0.0931 e. The molecule has 0 heterocycles. The highest BCUT2D eigenvalue weighted by Crippen LogP contribution is 1.82. The molecule has 0 aliphatic carbocycles. The van der Waals surface area contributed by atoms with Crippen molar-refractivity contribution in [2.24, 2.45) is 0 Å². The monoisotopic (exact) mass is 294 g/mol. The van der Waals surface area contributed by atoms with E-state index in [-0.39, 0.29) is 0 Å². The van der Waals surface area contributed by atoms with Crippen molar-refractivity contribution < 1.29 is 0 Å². The van der Waals surface area contributed by atoms with Gasteiger partial charge < -0.3 is 0 Å². The lowest BCUT2D eigenvalue weighted by Gasteiger charge is -1.63. The summed E-state index contributed by atoms with van der Waals surface area (Å²) in [6.07, 6.45) is 0. The molecule has 0 aromatic carbocycles. The van der Waals surface area contributed by atoms with E-state index in [0.717, 1.165) is 16.0 Å². The molecule has 0 rings (SSSR count). The third-order valence-corrected chi connectivity index (χ3v) is 1.93. The lowest BCUT2D eigenvalue weighted by molar-refractivity contribution is 1.56. The lowest BCUT2D eigenvalue weighted by atomic mass is 11.0. The van der Waals surface area contributed by atoms with Crippen LogP contribution in [0.15, 0.2) is 0 Å². The molecule has 0 aliphatic heterocycles. The standard InChI is InChI=1S/C2H4Br2.C2H5Br/c3-1-2-4;1-2-3/h1-2H2;2H2,1H3. The van der Waals surface area contributed by atoms with E-state index in [1.54, 1.807) is 0 Å². The van der Waals surface area contributed by atoms with Crippen LogP contribution in [0, 0.1) is 0 Å². The van der Waals surface area contributed by atoms with E-state index in [4.69, 9.17) is 0 Å². The maximum absolute atomic E-state index is 3.20. The molecule has 0 amide bonds. The van der Waals surface area contributed by atoms with E-state index in [1.807, 2.05) is 6.92 Å². The van der Waals surface area contributed by atoms with E-state index in [2.05, 4.69) is 47.8 Å². The second-order valence-corrected chi connectivity index (χ2v) is 3.35. The first-order chi connectivity index (χ1) is 3.33. The van der Waals surface area contributed by atoms with Gasteiger partial charge >= 0.3 is 0 Å². The fourth-order valence-corrected chi connectivity index (χ4v) is 0. The van der Waals surface area contributed by atoms with Crippen LogP contribution in [0.3, 0.4) is 0 Å². The Labute approximate surface area is 70.4 Å². The lowest BCUT2D eigenvalue weighted by Crippen LogP contribution is -1.61. The quantitative estimate of drug-likeness (QED) is 0.652. The molecular formula is C4H9Br3. The van der Waals surface area contributed by atoms with Gasteiger partial charge in [0.2, 0.25) is 0 Å². The molecule has 0 spiro atoms. The summed E-state index contributed by atoms with van der Waals surface area (Å²) in [6.45, 7) is 2.04. The van der Waals surface area contributed by atoms with Crippen molar-refractivity contribution in [2.75, 3.05) is 16.0 Å². The van der Waals surface area contributed by atoms with Crippen molar-refractivity contribution in [1.82, 2.24) is 0 Å². The topological polar surface area (TPSA) is 0 Å². The second kappa shape index (κ2) is 15.7. The van der Waals surface area contributed by atoms with Gasteiger partial charge in [-0.05, 0) is 0 Å². The van der Waals surface area contributed by atoms with Crippen LogP contribution in [0.2, 0.25) is 0 Å². The minimum absolute atomic E-state index is 1.05. The molecule has 0 unspecified atom stereocenters. The molecule has 0 fully saturated rings. The van der Waals surface area contributed by atoms with E-state index in [9.17, 15) is 0 Å². The summed E-state index contributed by atoms with van der Waals surface area (Å²) >= 11 is 9.55. The first-order valence-electron chi connectivity index (χ1n) is 2.01. The van der Waals surface area contributed by atoms with Crippen LogP contribution in [-0.4, -0.2) is 16.0 Å². The van der Waals surface area contributed by atoms with Crippen LogP contribution >= 0.6 is 47.8 Å². The predicted octanol–water partition coefficient (Wildman–Crippen LogP) is 3.18. The normalized spacial score (nSPS) is 6.86. The van der Waals surface area contributed by atoms with Crippen molar-refractivity contribution in [2.45, 2.75) is 6.92 Å². The molecule has 0 nitrogen and oxygen atoms in total. The first kappa shape index (κ1) is 11.3. The van der Waals surface area contributed by atoms with Crippen molar-refractivity contribution in [3.63, 3.8) is 0 Å². The van der Waals surface area contributed by atoms with Gasteiger partial charge in [-0.3, -0.25) is 0 Å². The summed E-state index contributed by atoms with van der Waals surface area (Å²) in [4.78, 5) is 0. The van der Waals surface area contributed by atoms with Gasteiger partial charge in [0.25, 0.3) is 0 Å². The fraction of sp³-hybridized carbons (Fsp3) is 1.00. The van der Waals surface area contributed by atoms with Crippen LogP contribution in [0.5, 0.6) is 0 Å². The average molecular weight is 297 g/mol. The summed E-state index contributed by atoms with van der Waals surface area (Å²) in [6, 6.07) is 0. The van der Waals surface area contributed by atoms with E-state index in [0.29, 0.717) is 0 Å². The van der Waals surface area contributed by atoms with Crippen LogP contribution in [0.25, 0.3) is 0 Å². The second-order valence-electron chi connectivity index (χ2n) is 0.645. The van der Waals surface area contributed by atoms with Gasteiger partial charge in [-0.25, -0.2) is 0 Å². The third-order valence-electron chi connectivity index (χ3n) is 0.0714. The molecular weight excluding hydrogens is 288 g/mol. The minimum atomic E-state index is 1.05. The highest BCUT2D eigenvalue weighted by Gasteiger charge is 1.60. The Bertz CT molecular complexity index is 14.4. The molecule has 0 saturated heterocycles. The Morgan fingerprint density at radius 2 is 1.14 bits per heavy atom. The number of alkyl halides is 3. The van der Waals surface area contributed by atoms with Crippen LogP contribution < -0.4 is 0 Å². The fourth-order valence-electron chi connectivity index (χ4n) is 0. The molecule has 0 bridgehead atoms. The smallest absolute Gasteiger partial charge is 0.0129 e. The Morgan fingerprint density at radius 3 is 1.14 bits per heavy atom. The SMILES string of the molecule is BrCCBr.CCBr. The van der Waals surface area contributed by atoms with Crippen LogP contribution in [0.1, 0.15) is 6.92 Å². The van der Waals surface area contributed by atoms with Gasteiger partial charge in [0.05, 0.1) is 0 Å². The summed E-state index contributed by atoms with van der Waals surface area (Å²) < 4.78 is 0. The number of hydrogen-bond donors (Lipinski definition) is 0. The molecule has 0 saturated carbocycles. The van der Waals surface area contributed by atoms with Gasteiger partial charge in [0.1, 0.15) is 0 Å². The Balaban J connectivity index is 0. The van der Waals surface area contributed by atoms with Crippen LogP contribution in [-0.2, 0) is 0 Å². The Kier molecular flexibility index (Phi) is 25.2.